The molecule has 1 aromatic carbocycles. The monoisotopic (exact) mass is 347 g/mol. The van der Waals surface area contributed by atoms with E-state index in [1.54, 1.807) is 12.3 Å². The van der Waals surface area contributed by atoms with Crippen molar-refractivity contribution in [3.05, 3.63) is 46.9 Å². The second kappa shape index (κ2) is 8.61. The quantitative estimate of drug-likeness (QED) is 0.754. The van der Waals surface area contributed by atoms with Gasteiger partial charge in [-0.05, 0) is 57.7 Å². The summed E-state index contributed by atoms with van der Waals surface area (Å²) < 4.78 is 0. The highest BCUT2D eigenvalue weighted by Gasteiger charge is 2.08. The lowest BCUT2D eigenvalue weighted by atomic mass is 10.2. The van der Waals surface area contributed by atoms with Gasteiger partial charge in [0, 0.05) is 17.3 Å². The van der Waals surface area contributed by atoms with Gasteiger partial charge in [-0.15, -0.1) is 0 Å². The number of rotatable bonds is 7. The van der Waals surface area contributed by atoms with Gasteiger partial charge >= 0.3 is 0 Å². The second-order valence-corrected chi connectivity index (χ2v) is 6.22. The molecule has 0 atom stereocenters. The molecule has 2 aromatic rings. The van der Waals surface area contributed by atoms with Crippen LogP contribution in [-0.2, 0) is 0 Å². The lowest BCUT2D eigenvalue weighted by Crippen LogP contribution is -2.27. The first-order valence-corrected chi connectivity index (χ1v) is 8.11. The summed E-state index contributed by atoms with van der Waals surface area (Å²) in [5.74, 6) is 0.361. The summed E-state index contributed by atoms with van der Waals surface area (Å²) in [7, 11) is 4.00. The number of amides is 1. The van der Waals surface area contributed by atoms with Crippen molar-refractivity contribution < 1.29 is 4.79 Å². The summed E-state index contributed by atoms with van der Waals surface area (Å²) in [6.07, 6.45) is 3.90. The van der Waals surface area contributed by atoms with Gasteiger partial charge in [-0.3, -0.25) is 4.79 Å². The summed E-state index contributed by atoms with van der Waals surface area (Å²) in [6, 6.07) is 5.55. The molecule has 2 N–H and O–H groups in total. The number of aryl methyl sites for hydroxylation is 1. The molecule has 1 heterocycles. The van der Waals surface area contributed by atoms with Gasteiger partial charge in [0.1, 0.15) is 11.5 Å². The Kier molecular flexibility index (Phi) is 6.52. The van der Waals surface area contributed by atoms with Gasteiger partial charge in [0.15, 0.2) is 0 Å². The smallest absolute Gasteiger partial charge is 0.271 e. The van der Waals surface area contributed by atoms with Crippen LogP contribution in [0, 0.1) is 6.92 Å². The van der Waals surface area contributed by atoms with Gasteiger partial charge in [-0.2, -0.15) is 0 Å². The van der Waals surface area contributed by atoms with Crippen LogP contribution in [0.5, 0.6) is 0 Å². The third-order valence-electron chi connectivity index (χ3n) is 3.40. The van der Waals surface area contributed by atoms with Crippen LogP contribution in [0.4, 0.5) is 11.5 Å². The molecule has 0 bridgehead atoms. The van der Waals surface area contributed by atoms with Crippen LogP contribution in [-0.4, -0.2) is 48.0 Å². The molecule has 128 valence electrons. The van der Waals surface area contributed by atoms with Crippen molar-refractivity contribution in [1.29, 1.82) is 0 Å². The Bertz CT molecular complexity index is 688. The van der Waals surface area contributed by atoms with Crippen molar-refractivity contribution in [2.45, 2.75) is 13.3 Å². The van der Waals surface area contributed by atoms with Crippen molar-refractivity contribution in [3.63, 3.8) is 0 Å². The Balaban J connectivity index is 1.91. The second-order valence-electron chi connectivity index (χ2n) is 5.78. The van der Waals surface area contributed by atoms with Crippen molar-refractivity contribution in [2.24, 2.45) is 0 Å². The highest BCUT2D eigenvalue weighted by molar-refractivity contribution is 6.30. The van der Waals surface area contributed by atoms with Gasteiger partial charge in [0.2, 0.25) is 0 Å². The maximum atomic E-state index is 12.0. The van der Waals surface area contributed by atoms with Gasteiger partial charge in [-0.25, -0.2) is 9.97 Å². The Morgan fingerprint density at radius 2 is 2.04 bits per heavy atom. The number of hydrogen-bond donors (Lipinski definition) is 2. The SMILES string of the molecule is Cc1cc(Cl)ccc1Nc1cnc(C(=O)NCCCN(C)C)cn1. The number of halogens is 1. The topological polar surface area (TPSA) is 70.2 Å². The maximum Gasteiger partial charge on any atom is 0.271 e. The molecule has 0 unspecified atom stereocenters. The first kappa shape index (κ1) is 18.2. The number of benzene rings is 1. The van der Waals surface area contributed by atoms with E-state index in [-0.39, 0.29) is 5.91 Å². The molecule has 0 radical (unpaired) electrons. The van der Waals surface area contributed by atoms with Crippen LogP contribution in [0.3, 0.4) is 0 Å². The highest BCUT2D eigenvalue weighted by atomic mass is 35.5. The average molecular weight is 348 g/mol. The van der Waals surface area contributed by atoms with Gasteiger partial charge < -0.3 is 15.5 Å². The van der Waals surface area contributed by atoms with Crippen LogP contribution >= 0.6 is 11.6 Å². The largest absolute Gasteiger partial charge is 0.351 e. The Morgan fingerprint density at radius 1 is 1.25 bits per heavy atom. The van der Waals surface area contributed by atoms with Crippen LogP contribution in [0.15, 0.2) is 30.6 Å². The zero-order chi connectivity index (χ0) is 17.5. The van der Waals surface area contributed by atoms with E-state index in [0.29, 0.717) is 23.1 Å². The summed E-state index contributed by atoms with van der Waals surface area (Å²) >= 11 is 5.94. The lowest BCUT2D eigenvalue weighted by Gasteiger charge is -2.10. The number of hydrogen-bond acceptors (Lipinski definition) is 5. The fourth-order valence-corrected chi connectivity index (χ4v) is 2.33. The fourth-order valence-electron chi connectivity index (χ4n) is 2.10. The molecule has 0 aliphatic heterocycles. The standard InChI is InChI=1S/C17H22ClN5O/c1-12-9-13(18)5-6-14(12)22-16-11-20-15(10-21-16)17(24)19-7-4-8-23(2)3/h5-6,9-11H,4,7-8H2,1-3H3,(H,19,24)(H,21,22). The third-order valence-corrected chi connectivity index (χ3v) is 3.64. The van der Waals surface area contributed by atoms with E-state index in [9.17, 15) is 4.79 Å². The van der Waals surface area contributed by atoms with E-state index >= 15 is 0 Å². The van der Waals surface area contributed by atoms with E-state index in [1.165, 1.54) is 6.20 Å². The Morgan fingerprint density at radius 3 is 2.67 bits per heavy atom. The molecule has 0 fully saturated rings. The zero-order valence-electron chi connectivity index (χ0n) is 14.1. The van der Waals surface area contributed by atoms with E-state index in [2.05, 4.69) is 25.5 Å². The molecule has 6 nitrogen and oxygen atoms in total. The molecular weight excluding hydrogens is 326 g/mol. The number of nitrogens with one attached hydrogen (secondary N) is 2. The summed E-state index contributed by atoms with van der Waals surface area (Å²) in [5, 5.41) is 6.68. The highest BCUT2D eigenvalue weighted by Crippen LogP contribution is 2.22. The fraction of sp³-hybridized carbons (Fsp3) is 0.353. The molecule has 0 saturated carbocycles. The van der Waals surface area contributed by atoms with Gasteiger partial charge in [-0.1, -0.05) is 11.6 Å². The molecule has 0 spiro atoms. The molecule has 0 saturated heterocycles. The Hall–Kier alpha value is -2.18. The van der Waals surface area contributed by atoms with E-state index in [1.807, 2.05) is 33.2 Å². The van der Waals surface area contributed by atoms with Crippen molar-refractivity contribution in [3.8, 4) is 0 Å². The minimum Gasteiger partial charge on any atom is -0.351 e. The first-order chi connectivity index (χ1) is 11.5. The minimum absolute atomic E-state index is 0.213. The predicted octanol–water partition coefficient (Wildman–Crippen LogP) is 2.86. The summed E-state index contributed by atoms with van der Waals surface area (Å²) in [5.41, 5.74) is 2.21. The van der Waals surface area contributed by atoms with Crippen LogP contribution < -0.4 is 10.6 Å². The van der Waals surface area contributed by atoms with Gasteiger partial charge in [0.25, 0.3) is 5.91 Å². The van der Waals surface area contributed by atoms with Crippen LogP contribution in [0.1, 0.15) is 22.5 Å². The van der Waals surface area contributed by atoms with E-state index < -0.39 is 0 Å². The molecule has 2 rings (SSSR count). The average Bonchev–Trinajstić information content (AvgIpc) is 2.54. The molecule has 1 amide bonds. The molecule has 0 aliphatic carbocycles. The van der Waals surface area contributed by atoms with E-state index in [0.717, 1.165) is 24.2 Å². The third kappa shape index (κ3) is 5.47. The minimum atomic E-state index is -0.213. The molecule has 24 heavy (non-hydrogen) atoms. The number of nitrogens with zero attached hydrogens (tertiary/aromatic N) is 3. The normalized spacial score (nSPS) is 10.7. The first-order valence-electron chi connectivity index (χ1n) is 7.74. The summed E-state index contributed by atoms with van der Waals surface area (Å²) in [4.78, 5) is 22.5. The zero-order valence-corrected chi connectivity index (χ0v) is 14.9. The van der Waals surface area contributed by atoms with Crippen LogP contribution in [0.2, 0.25) is 5.02 Å². The van der Waals surface area contributed by atoms with Crippen molar-refractivity contribution in [2.75, 3.05) is 32.5 Å². The maximum absolute atomic E-state index is 12.0. The van der Waals surface area contributed by atoms with Crippen molar-refractivity contribution in [1.82, 2.24) is 20.2 Å². The molecular formula is C17H22ClN5O. The predicted molar refractivity (Wildman–Crippen MR) is 97.0 cm³/mol. The van der Waals surface area contributed by atoms with E-state index in [4.69, 9.17) is 11.6 Å². The molecule has 0 aliphatic rings. The van der Waals surface area contributed by atoms with Crippen LogP contribution in [0.25, 0.3) is 0 Å². The molecule has 1 aromatic heterocycles. The molecule has 7 heteroatoms. The van der Waals surface area contributed by atoms with Gasteiger partial charge in [0.05, 0.1) is 12.4 Å². The number of carbonyl (C=O) groups excluding carboxylic acids is 1. The lowest BCUT2D eigenvalue weighted by molar-refractivity contribution is 0.0947. The number of aromatic nitrogens is 2. The van der Waals surface area contributed by atoms with Crippen molar-refractivity contribution >= 4 is 29.0 Å². The number of anilines is 2. The Labute approximate surface area is 147 Å². The summed E-state index contributed by atoms with van der Waals surface area (Å²) in [6.45, 7) is 3.50. The number of carbonyl (C=O) groups is 1.